The Morgan fingerprint density at radius 1 is 1.07 bits per heavy atom. The van der Waals surface area contributed by atoms with E-state index >= 15 is 0 Å². The first-order chi connectivity index (χ1) is 13.4. The molecule has 0 aliphatic carbocycles. The summed E-state index contributed by atoms with van der Waals surface area (Å²) in [6.45, 7) is 2.53. The first-order valence-corrected chi connectivity index (χ1v) is 10.8. The van der Waals surface area contributed by atoms with Crippen LogP contribution >= 0.6 is 0 Å². The fourth-order valence-electron chi connectivity index (χ4n) is 2.75. The number of anilines is 2. The Hall–Kier alpha value is -2.74. The summed E-state index contributed by atoms with van der Waals surface area (Å²) in [7, 11) is -2.03. The van der Waals surface area contributed by atoms with Gasteiger partial charge in [-0.1, -0.05) is 24.3 Å². The van der Waals surface area contributed by atoms with E-state index in [0.717, 1.165) is 6.26 Å². The van der Waals surface area contributed by atoms with Gasteiger partial charge in [-0.3, -0.25) is 9.10 Å². The molecule has 2 aromatic rings. The van der Waals surface area contributed by atoms with E-state index < -0.39 is 10.0 Å². The summed E-state index contributed by atoms with van der Waals surface area (Å²) in [4.78, 5) is 12.3. The Bertz CT molecular complexity index is 899. The maximum atomic E-state index is 12.3. The predicted molar refractivity (Wildman–Crippen MR) is 111 cm³/mol. The zero-order chi connectivity index (χ0) is 20.6. The van der Waals surface area contributed by atoms with Gasteiger partial charge < -0.3 is 14.8 Å². The van der Waals surface area contributed by atoms with Crippen LogP contribution in [0.3, 0.4) is 0 Å². The van der Waals surface area contributed by atoms with Gasteiger partial charge in [-0.05, 0) is 37.6 Å². The van der Waals surface area contributed by atoms with Crippen LogP contribution in [0.2, 0.25) is 0 Å². The summed E-state index contributed by atoms with van der Waals surface area (Å²) in [6.07, 6.45) is 1.66. The summed E-state index contributed by atoms with van der Waals surface area (Å²) in [5, 5.41) is 2.81. The van der Waals surface area contributed by atoms with Crippen LogP contribution in [0.5, 0.6) is 11.5 Å². The summed E-state index contributed by atoms with van der Waals surface area (Å²) in [6, 6.07) is 14.1. The predicted octanol–water partition coefficient (Wildman–Crippen LogP) is 3.28. The minimum absolute atomic E-state index is 0.166. The molecular formula is C20H26N2O5S. The molecule has 0 atom stereocenters. The number of ether oxygens (including phenoxy) is 2. The lowest BCUT2D eigenvalue weighted by atomic mass is 10.2. The topological polar surface area (TPSA) is 84.9 Å². The van der Waals surface area contributed by atoms with Crippen LogP contribution in [0, 0.1) is 0 Å². The lowest BCUT2D eigenvalue weighted by molar-refractivity contribution is -0.116. The molecule has 0 aliphatic rings. The molecule has 0 saturated carbocycles. The molecule has 152 valence electrons. The third-order valence-corrected chi connectivity index (χ3v) is 5.16. The number of para-hydroxylation sites is 4. The van der Waals surface area contributed by atoms with Crippen molar-refractivity contribution in [2.75, 3.05) is 36.1 Å². The number of hydrogen-bond donors (Lipinski definition) is 1. The highest BCUT2D eigenvalue weighted by atomic mass is 32.2. The van der Waals surface area contributed by atoms with E-state index in [4.69, 9.17) is 9.47 Å². The van der Waals surface area contributed by atoms with Crippen molar-refractivity contribution in [2.45, 2.75) is 19.8 Å². The molecule has 0 heterocycles. The Balaban J connectivity index is 2.02. The standard InChI is InChI=1S/C20H26N2O5S/c1-4-27-18-12-7-5-10-16(18)21-20(23)14-9-15-22(28(3,24)25)17-11-6-8-13-19(17)26-2/h5-8,10-13H,4,9,14-15H2,1-3H3,(H,21,23). The van der Waals surface area contributed by atoms with Crippen LogP contribution in [0.4, 0.5) is 11.4 Å². The van der Waals surface area contributed by atoms with Crippen molar-refractivity contribution in [3.05, 3.63) is 48.5 Å². The van der Waals surface area contributed by atoms with Crippen molar-refractivity contribution >= 4 is 27.3 Å². The molecular weight excluding hydrogens is 380 g/mol. The summed E-state index contributed by atoms with van der Waals surface area (Å²) < 4.78 is 36.5. The number of amides is 1. The molecule has 1 N–H and O–H groups in total. The van der Waals surface area contributed by atoms with Gasteiger partial charge in [-0.15, -0.1) is 0 Å². The molecule has 7 nitrogen and oxygen atoms in total. The molecule has 0 aromatic heterocycles. The SMILES string of the molecule is CCOc1ccccc1NC(=O)CCCN(c1ccccc1OC)S(C)(=O)=O. The third-order valence-electron chi connectivity index (χ3n) is 3.98. The Labute approximate surface area is 166 Å². The van der Waals surface area contributed by atoms with Crippen LogP contribution < -0.4 is 19.1 Å². The van der Waals surface area contributed by atoms with Crippen LogP contribution in [-0.2, 0) is 14.8 Å². The van der Waals surface area contributed by atoms with Gasteiger partial charge in [0.2, 0.25) is 15.9 Å². The lowest BCUT2D eigenvalue weighted by Crippen LogP contribution is -2.31. The van der Waals surface area contributed by atoms with Crippen LogP contribution in [0.15, 0.2) is 48.5 Å². The number of nitrogens with one attached hydrogen (secondary N) is 1. The van der Waals surface area contributed by atoms with Gasteiger partial charge in [0.15, 0.2) is 0 Å². The molecule has 0 aliphatic heterocycles. The molecule has 0 fully saturated rings. The average molecular weight is 407 g/mol. The van der Waals surface area contributed by atoms with E-state index in [1.165, 1.54) is 11.4 Å². The molecule has 0 radical (unpaired) electrons. The van der Waals surface area contributed by atoms with Crippen molar-refractivity contribution in [3.63, 3.8) is 0 Å². The summed E-state index contributed by atoms with van der Waals surface area (Å²) in [5.41, 5.74) is 1.05. The second-order valence-electron chi connectivity index (χ2n) is 6.09. The second-order valence-corrected chi connectivity index (χ2v) is 7.99. The third kappa shape index (κ3) is 5.88. The molecule has 28 heavy (non-hydrogen) atoms. The van der Waals surface area contributed by atoms with E-state index in [1.54, 1.807) is 36.4 Å². The number of sulfonamides is 1. The van der Waals surface area contributed by atoms with Crippen molar-refractivity contribution in [3.8, 4) is 11.5 Å². The normalized spacial score (nSPS) is 11.0. The molecule has 0 spiro atoms. The van der Waals surface area contributed by atoms with Gasteiger partial charge >= 0.3 is 0 Å². The van der Waals surface area contributed by atoms with Crippen LogP contribution in [0.1, 0.15) is 19.8 Å². The van der Waals surface area contributed by atoms with E-state index in [2.05, 4.69) is 5.32 Å². The minimum atomic E-state index is -3.52. The highest BCUT2D eigenvalue weighted by Crippen LogP contribution is 2.30. The lowest BCUT2D eigenvalue weighted by Gasteiger charge is -2.24. The molecule has 8 heteroatoms. The monoisotopic (exact) mass is 406 g/mol. The number of hydrogen-bond acceptors (Lipinski definition) is 5. The zero-order valence-electron chi connectivity index (χ0n) is 16.3. The van der Waals surface area contributed by atoms with Gasteiger partial charge in [0.25, 0.3) is 0 Å². The Morgan fingerprint density at radius 3 is 2.36 bits per heavy atom. The minimum Gasteiger partial charge on any atom is -0.495 e. The van der Waals surface area contributed by atoms with E-state index in [-0.39, 0.29) is 18.9 Å². The fraction of sp³-hybridized carbons (Fsp3) is 0.350. The highest BCUT2D eigenvalue weighted by molar-refractivity contribution is 7.92. The molecule has 0 saturated heterocycles. The number of benzene rings is 2. The van der Waals surface area contributed by atoms with Crippen molar-refractivity contribution in [2.24, 2.45) is 0 Å². The average Bonchev–Trinajstić information content (AvgIpc) is 2.66. The van der Waals surface area contributed by atoms with E-state index in [9.17, 15) is 13.2 Å². The van der Waals surface area contributed by atoms with Crippen molar-refractivity contribution in [1.82, 2.24) is 0 Å². The number of methoxy groups -OCH3 is 1. The number of carbonyl (C=O) groups excluding carboxylic acids is 1. The Morgan fingerprint density at radius 2 is 1.71 bits per heavy atom. The molecule has 0 unspecified atom stereocenters. The van der Waals surface area contributed by atoms with Gasteiger partial charge in [-0.2, -0.15) is 0 Å². The fourth-order valence-corrected chi connectivity index (χ4v) is 3.72. The molecule has 0 bridgehead atoms. The van der Waals surface area contributed by atoms with Crippen LogP contribution in [0.25, 0.3) is 0 Å². The van der Waals surface area contributed by atoms with Crippen LogP contribution in [-0.4, -0.2) is 40.8 Å². The molecule has 1 amide bonds. The van der Waals surface area contributed by atoms with Gasteiger partial charge in [0, 0.05) is 13.0 Å². The molecule has 2 rings (SSSR count). The molecule has 2 aromatic carbocycles. The Kier molecular flexibility index (Phi) is 7.69. The van der Waals surface area contributed by atoms with Gasteiger partial charge in [0.05, 0.1) is 31.3 Å². The first-order valence-electron chi connectivity index (χ1n) is 8.99. The quantitative estimate of drug-likeness (QED) is 0.655. The maximum absolute atomic E-state index is 12.3. The second kappa shape index (κ2) is 9.98. The maximum Gasteiger partial charge on any atom is 0.232 e. The number of rotatable bonds is 10. The van der Waals surface area contributed by atoms with Crippen molar-refractivity contribution < 1.29 is 22.7 Å². The van der Waals surface area contributed by atoms with Gasteiger partial charge in [0.1, 0.15) is 11.5 Å². The highest BCUT2D eigenvalue weighted by Gasteiger charge is 2.21. The van der Waals surface area contributed by atoms with Gasteiger partial charge in [-0.25, -0.2) is 8.42 Å². The summed E-state index contributed by atoms with van der Waals surface area (Å²) >= 11 is 0. The number of carbonyl (C=O) groups is 1. The van der Waals surface area contributed by atoms with E-state index in [0.29, 0.717) is 35.9 Å². The zero-order valence-corrected chi connectivity index (χ0v) is 17.2. The summed E-state index contributed by atoms with van der Waals surface area (Å²) in [5.74, 6) is 0.855. The van der Waals surface area contributed by atoms with Crippen molar-refractivity contribution in [1.29, 1.82) is 0 Å². The smallest absolute Gasteiger partial charge is 0.232 e. The number of nitrogens with zero attached hydrogens (tertiary/aromatic N) is 1. The first kappa shape index (κ1) is 21.6. The van der Waals surface area contributed by atoms with E-state index in [1.807, 2.05) is 19.1 Å². The largest absolute Gasteiger partial charge is 0.495 e.